The van der Waals surface area contributed by atoms with Gasteiger partial charge in [-0.15, -0.1) is 0 Å². The summed E-state index contributed by atoms with van der Waals surface area (Å²) < 4.78 is 6.98. The monoisotopic (exact) mass is 354 g/mol. The molecular weight excluding hydrogens is 328 g/mol. The van der Waals surface area contributed by atoms with Crippen molar-refractivity contribution in [3.05, 3.63) is 28.2 Å². The molecule has 4 heteroatoms. The summed E-state index contributed by atoms with van der Waals surface area (Å²) in [6.07, 6.45) is 1.40. The normalized spacial score (nSPS) is 24.1. The summed E-state index contributed by atoms with van der Waals surface area (Å²) in [5, 5.41) is 3.46. The molecule has 0 saturated carbocycles. The van der Waals surface area contributed by atoms with Crippen molar-refractivity contribution in [3.8, 4) is 0 Å². The first-order valence-corrected chi connectivity index (χ1v) is 8.77. The Labute approximate surface area is 137 Å². The Morgan fingerprint density at radius 1 is 1.43 bits per heavy atom. The molecule has 1 fully saturated rings. The Bertz CT molecular complexity index is 466. The molecule has 1 aromatic carbocycles. The van der Waals surface area contributed by atoms with Crippen LogP contribution in [-0.4, -0.2) is 31.8 Å². The van der Waals surface area contributed by atoms with Crippen LogP contribution in [0.4, 0.5) is 5.69 Å². The van der Waals surface area contributed by atoms with Crippen LogP contribution in [0, 0.1) is 0 Å². The first-order chi connectivity index (χ1) is 10.1. The topological polar surface area (TPSA) is 24.5 Å². The van der Waals surface area contributed by atoms with E-state index in [1.54, 1.807) is 0 Å². The second kappa shape index (κ2) is 7.61. The minimum Gasteiger partial charge on any atom is -0.375 e. The molecule has 2 rings (SSSR count). The van der Waals surface area contributed by atoms with Gasteiger partial charge in [0.25, 0.3) is 0 Å². The number of benzene rings is 1. The van der Waals surface area contributed by atoms with Gasteiger partial charge in [0, 0.05) is 17.1 Å². The van der Waals surface area contributed by atoms with E-state index >= 15 is 0 Å². The average Bonchev–Trinajstić information content (AvgIpc) is 2.47. The summed E-state index contributed by atoms with van der Waals surface area (Å²) in [6, 6.07) is 7.57. The van der Waals surface area contributed by atoms with Gasteiger partial charge in [0.05, 0.1) is 24.4 Å². The van der Waals surface area contributed by atoms with Crippen LogP contribution in [0.15, 0.2) is 22.7 Å². The molecule has 0 amide bonds. The molecule has 3 atom stereocenters. The van der Waals surface area contributed by atoms with Gasteiger partial charge >= 0.3 is 0 Å². The van der Waals surface area contributed by atoms with E-state index in [1.807, 2.05) is 0 Å². The Kier molecular flexibility index (Phi) is 6.08. The molecule has 1 saturated heterocycles. The summed E-state index contributed by atoms with van der Waals surface area (Å²) >= 11 is 3.77. The number of nitrogens with one attached hydrogen (secondary N) is 1. The Hall–Kier alpha value is -0.580. The Morgan fingerprint density at radius 3 is 2.81 bits per heavy atom. The number of ether oxygens (including phenoxy) is 1. The van der Waals surface area contributed by atoms with E-state index in [0.29, 0.717) is 18.2 Å². The highest BCUT2D eigenvalue weighted by Gasteiger charge is 2.27. The lowest BCUT2D eigenvalue weighted by molar-refractivity contribution is 0.0299. The molecule has 118 valence electrons. The van der Waals surface area contributed by atoms with Gasteiger partial charge in [-0.25, -0.2) is 0 Å². The van der Waals surface area contributed by atoms with E-state index in [2.05, 4.69) is 72.0 Å². The molecule has 1 N–H and O–H groups in total. The van der Waals surface area contributed by atoms with Gasteiger partial charge in [-0.2, -0.15) is 0 Å². The number of morpholine rings is 1. The third-order valence-electron chi connectivity index (χ3n) is 4.23. The van der Waals surface area contributed by atoms with Crippen LogP contribution in [0.3, 0.4) is 0 Å². The number of nitrogens with zero attached hydrogens (tertiary/aromatic N) is 1. The lowest BCUT2D eigenvalue weighted by atomic mass is 10.1. The van der Waals surface area contributed by atoms with Crippen LogP contribution in [0.25, 0.3) is 0 Å². The smallest absolute Gasteiger partial charge is 0.0723 e. The summed E-state index contributed by atoms with van der Waals surface area (Å²) in [5.74, 6) is 0. The van der Waals surface area contributed by atoms with Gasteiger partial charge in [-0.1, -0.05) is 19.9 Å². The number of rotatable bonds is 5. The first-order valence-electron chi connectivity index (χ1n) is 7.97. The predicted molar refractivity (Wildman–Crippen MR) is 93.1 cm³/mol. The van der Waals surface area contributed by atoms with Crippen molar-refractivity contribution >= 4 is 21.6 Å². The van der Waals surface area contributed by atoms with Crippen molar-refractivity contribution in [2.24, 2.45) is 0 Å². The molecule has 1 aliphatic heterocycles. The second-order valence-corrected chi connectivity index (χ2v) is 6.70. The van der Waals surface area contributed by atoms with Gasteiger partial charge in [-0.3, -0.25) is 0 Å². The number of anilines is 1. The summed E-state index contributed by atoms with van der Waals surface area (Å²) in [7, 11) is 0. The lowest BCUT2D eigenvalue weighted by Crippen LogP contribution is -2.48. The van der Waals surface area contributed by atoms with E-state index in [-0.39, 0.29) is 0 Å². The maximum atomic E-state index is 5.80. The zero-order chi connectivity index (χ0) is 15.4. The summed E-state index contributed by atoms with van der Waals surface area (Å²) in [6.45, 7) is 11.5. The molecule has 0 aromatic heterocycles. The molecule has 21 heavy (non-hydrogen) atoms. The highest BCUT2D eigenvalue weighted by atomic mass is 79.9. The third kappa shape index (κ3) is 3.99. The van der Waals surface area contributed by atoms with Crippen LogP contribution in [0.1, 0.15) is 45.7 Å². The van der Waals surface area contributed by atoms with Crippen molar-refractivity contribution in [2.75, 3.05) is 24.6 Å². The standard InChI is InChI=1S/C17H27BrN2O/c1-5-15-11-21-12(3)10-20(15)17-8-7-14(9-16(17)18)13(4)19-6-2/h7-9,12-13,15,19H,5-6,10-11H2,1-4H3. The largest absolute Gasteiger partial charge is 0.375 e. The molecule has 0 bridgehead atoms. The first kappa shape index (κ1) is 16.8. The van der Waals surface area contributed by atoms with Crippen molar-refractivity contribution < 1.29 is 4.74 Å². The SMILES string of the molecule is CCNC(C)c1ccc(N2CC(C)OCC2CC)c(Br)c1. The third-order valence-corrected chi connectivity index (χ3v) is 4.87. The van der Waals surface area contributed by atoms with E-state index in [4.69, 9.17) is 4.74 Å². The molecule has 3 unspecified atom stereocenters. The number of hydrogen-bond acceptors (Lipinski definition) is 3. The maximum absolute atomic E-state index is 5.80. The van der Waals surface area contributed by atoms with Crippen molar-refractivity contribution in [2.45, 2.75) is 52.3 Å². The number of halogens is 1. The fourth-order valence-electron chi connectivity index (χ4n) is 2.93. The summed E-state index contributed by atoms with van der Waals surface area (Å²) in [5.41, 5.74) is 2.60. The van der Waals surface area contributed by atoms with Gasteiger partial charge in [0.1, 0.15) is 0 Å². The quantitative estimate of drug-likeness (QED) is 0.860. The predicted octanol–water partition coefficient (Wildman–Crippen LogP) is 4.12. The van der Waals surface area contributed by atoms with Gasteiger partial charge in [0.15, 0.2) is 0 Å². The van der Waals surface area contributed by atoms with E-state index in [9.17, 15) is 0 Å². The van der Waals surface area contributed by atoms with E-state index < -0.39 is 0 Å². The summed E-state index contributed by atoms with van der Waals surface area (Å²) in [4.78, 5) is 2.49. The molecule has 0 radical (unpaired) electrons. The fourth-order valence-corrected chi connectivity index (χ4v) is 3.55. The van der Waals surface area contributed by atoms with Gasteiger partial charge < -0.3 is 15.0 Å². The molecule has 0 spiro atoms. The molecule has 1 aliphatic rings. The van der Waals surface area contributed by atoms with Crippen LogP contribution in [0.2, 0.25) is 0 Å². The zero-order valence-corrected chi connectivity index (χ0v) is 15.1. The average molecular weight is 355 g/mol. The van der Waals surface area contributed by atoms with Crippen LogP contribution in [-0.2, 0) is 4.74 Å². The molecule has 3 nitrogen and oxygen atoms in total. The molecule has 0 aliphatic carbocycles. The van der Waals surface area contributed by atoms with Crippen LogP contribution < -0.4 is 10.2 Å². The van der Waals surface area contributed by atoms with Crippen molar-refractivity contribution in [1.29, 1.82) is 0 Å². The van der Waals surface area contributed by atoms with E-state index in [1.165, 1.54) is 15.7 Å². The zero-order valence-electron chi connectivity index (χ0n) is 13.5. The molecule has 1 heterocycles. The van der Waals surface area contributed by atoms with Crippen molar-refractivity contribution in [3.63, 3.8) is 0 Å². The second-order valence-electron chi connectivity index (χ2n) is 5.85. The van der Waals surface area contributed by atoms with Crippen LogP contribution in [0.5, 0.6) is 0 Å². The maximum Gasteiger partial charge on any atom is 0.0723 e. The Balaban J connectivity index is 2.22. The Morgan fingerprint density at radius 2 is 2.19 bits per heavy atom. The van der Waals surface area contributed by atoms with E-state index in [0.717, 1.165) is 26.1 Å². The lowest BCUT2D eigenvalue weighted by Gasteiger charge is -2.40. The van der Waals surface area contributed by atoms with Crippen molar-refractivity contribution in [1.82, 2.24) is 5.32 Å². The molecule has 1 aromatic rings. The highest BCUT2D eigenvalue weighted by Crippen LogP contribution is 2.33. The number of hydrogen-bond donors (Lipinski definition) is 1. The minimum atomic E-state index is 0.292. The molecular formula is C17H27BrN2O. The van der Waals surface area contributed by atoms with Gasteiger partial charge in [-0.05, 0) is 60.4 Å². The minimum absolute atomic E-state index is 0.292. The highest BCUT2D eigenvalue weighted by molar-refractivity contribution is 9.10. The van der Waals surface area contributed by atoms with Crippen LogP contribution >= 0.6 is 15.9 Å². The fraction of sp³-hybridized carbons (Fsp3) is 0.647. The van der Waals surface area contributed by atoms with Gasteiger partial charge in [0.2, 0.25) is 0 Å².